The van der Waals surface area contributed by atoms with Crippen LogP contribution < -0.4 is 10.6 Å². The fraction of sp³-hybridized carbons (Fsp3) is 0.241. The molecule has 0 spiro atoms. The zero-order valence-electron chi connectivity index (χ0n) is 21.2. The molecule has 200 valence electrons. The molecule has 7 nitrogen and oxygen atoms in total. The average molecular weight is 565 g/mol. The first-order valence-electron chi connectivity index (χ1n) is 12.5. The molecule has 0 fully saturated rings. The lowest BCUT2D eigenvalue weighted by Crippen LogP contribution is -2.22. The molecule has 2 N–H and O–H groups in total. The number of benzene rings is 2. The third kappa shape index (κ3) is 5.99. The van der Waals surface area contributed by atoms with E-state index in [0.29, 0.717) is 22.3 Å². The second-order valence-corrected chi connectivity index (χ2v) is 10.4. The number of aryl methyl sites for hydroxylation is 2. The van der Waals surface area contributed by atoms with Crippen LogP contribution in [0.2, 0.25) is 5.02 Å². The number of ether oxygens (including phenoxy) is 2. The van der Waals surface area contributed by atoms with Crippen molar-refractivity contribution in [3.63, 3.8) is 0 Å². The molecule has 1 atom stereocenters. The SMILES string of the molecule is CCOC(=O)/C(CSC1c2cc(OCc3ccc4cc(F)c(Cl)cc4n3)ccc2CCc2ncccc21)=N\N. The van der Waals surface area contributed by atoms with E-state index >= 15 is 0 Å². The van der Waals surface area contributed by atoms with E-state index in [-0.39, 0.29) is 35.0 Å². The van der Waals surface area contributed by atoms with Crippen molar-refractivity contribution < 1.29 is 18.7 Å². The van der Waals surface area contributed by atoms with Crippen LogP contribution in [0.1, 0.15) is 40.3 Å². The second kappa shape index (κ2) is 12.0. The van der Waals surface area contributed by atoms with Gasteiger partial charge < -0.3 is 15.3 Å². The molecule has 1 aliphatic rings. The number of hydrazone groups is 1. The van der Waals surface area contributed by atoms with E-state index in [1.54, 1.807) is 30.9 Å². The van der Waals surface area contributed by atoms with Crippen LogP contribution in [0.25, 0.3) is 10.9 Å². The Kier molecular flexibility index (Phi) is 8.28. The van der Waals surface area contributed by atoms with E-state index < -0.39 is 11.8 Å². The Bertz CT molecular complexity index is 1570. The Morgan fingerprint density at radius 1 is 1.18 bits per heavy atom. The molecule has 0 bridgehead atoms. The number of carbonyl (C=O) groups is 1. The van der Waals surface area contributed by atoms with Crippen molar-refractivity contribution in [1.29, 1.82) is 0 Å². The Morgan fingerprint density at radius 3 is 2.87 bits per heavy atom. The molecule has 1 aliphatic carbocycles. The van der Waals surface area contributed by atoms with Gasteiger partial charge in [0.2, 0.25) is 0 Å². The molecule has 4 aromatic rings. The lowest BCUT2D eigenvalue weighted by molar-refractivity contribution is -0.135. The number of esters is 1. The largest absolute Gasteiger partial charge is 0.487 e. The van der Waals surface area contributed by atoms with Crippen LogP contribution >= 0.6 is 23.4 Å². The number of halogens is 2. The summed E-state index contributed by atoms with van der Waals surface area (Å²) in [5, 5.41) is 4.27. The summed E-state index contributed by atoms with van der Waals surface area (Å²) in [7, 11) is 0. The summed E-state index contributed by atoms with van der Waals surface area (Å²) >= 11 is 7.49. The summed E-state index contributed by atoms with van der Waals surface area (Å²) in [4.78, 5) is 21.5. The minimum Gasteiger partial charge on any atom is -0.487 e. The van der Waals surface area contributed by atoms with Crippen LogP contribution in [0.3, 0.4) is 0 Å². The second-order valence-electron chi connectivity index (χ2n) is 8.94. The van der Waals surface area contributed by atoms with Crippen molar-refractivity contribution >= 4 is 45.9 Å². The Labute approximate surface area is 234 Å². The highest BCUT2D eigenvalue weighted by atomic mass is 35.5. The Hall–Kier alpha value is -3.69. The Morgan fingerprint density at radius 2 is 2.05 bits per heavy atom. The van der Waals surface area contributed by atoms with Crippen molar-refractivity contribution in [2.75, 3.05) is 12.4 Å². The molecule has 0 amide bonds. The molecule has 2 heterocycles. The standard InChI is InChI=1S/C29H26ClFN4O3S/c1-2-37-29(36)27(35-32)16-39-28-21-4-3-11-33-25(21)10-7-17-6-9-20(13-22(17)28)38-15-19-8-5-18-12-24(31)23(30)14-26(18)34-19/h3-6,8-9,11-14,28H,2,7,10,15-16,32H2,1H3/b35-27-. The van der Waals surface area contributed by atoms with Crippen LogP contribution in [0.15, 0.2) is 65.9 Å². The van der Waals surface area contributed by atoms with Crippen LogP contribution in [0, 0.1) is 5.82 Å². The highest BCUT2D eigenvalue weighted by Gasteiger charge is 2.27. The summed E-state index contributed by atoms with van der Waals surface area (Å²) in [6.45, 7) is 2.22. The molecule has 0 saturated heterocycles. The lowest BCUT2D eigenvalue weighted by atomic mass is 10.0. The van der Waals surface area contributed by atoms with Crippen LogP contribution in [0.4, 0.5) is 4.39 Å². The van der Waals surface area contributed by atoms with E-state index in [2.05, 4.69) is 27.2 Å². The molecular weight excluding hydrogens is 539 g/mol. The number of thioether (sulfide) groups is 1. The molecule has 0 aliphatic heterocycles. The van der Waals surface area contributed by atoms with Crippen molar-refractivity contribution in [3.05, 3.63) is 99.7 Å². The highest BCUT2D eigenvalue weighted by molar-refractivity contribution is 8.00. The first-order chi connectivity index (χ1) is 19.0. The zero-order valence-corrected chi connectivity index (χ0v) is 22.8. The molecule has 2 aromatic heterocycles. The minimum atomic E-state index is -0.517. The first-order valence-corrected chi connectivity index (χ1v) is 13.9. The highest BCUT2D eigenvalue weighted by Crippen LogP contribution is 2.42. The third-order valence-corrected chi connectivity index (χ3v) is 8.04. The maximum atomic E-state index is 13.8. The van der Waals surface area contributed by atoms with Crippen LogP contribution in [-0.2, 0) is 29.0 Å². The zero-order chi connectivity index (χ0) is 27.4. The van der Waals surface area contributed by atoms with E-state index in [0.717, 1.165) is 29.7 Å². The van der Waals surface area contributed by atoms with Gasteiger partial charge in [0, 0.05) is 23.0 Å². The number of carbonyl (C=O) groups excluding carboxylic acids is 1. The number of hydrogen-bond acceptors (Lipinski definition) is 8. The molecule has 2 aromatic carbocycles. The number of aromatic nitrogens is 2. The van der Waals surface area contributed by atoms with Gasteiger partial charge >= 0.3 is 5.97 Å². The quantitative estimate of drug-likeness (QED) is 0.125. The fourth-order valence-electron chi connectivity index (χ4n) is 4.56. The van der Waals surface area contributed by atoms with Gasteiger partial charge in [0.1, 0.15) is 18.2 Å². The fourth-order valence-corrected chi connectivity index (χ4v) is 6.02. The van der Waals surface area contributed by atoms with Crippen LogP contribution in [0.5, 0.6) is 5.75 Å². The molecule has 5 rings (SSSR count). The van der Waals surface area contributed by atoms with E-state index in [9.17, 15) is 9.18 Å². The van der Waals surface area contributed by atoms with Gasteiger partial charge in [-0.05, 0) is 72.9 Å². The topological polar surface area (TPSA) is 99.7 Å². The number of hydrogen-bond donors (Lipinski definition) is 1. The van der Waals surface area contributed by atoms with Crippen molar-refractivity contribution in [2.45, 2.75) is 31.6 Å². The number of rotatable bonds is 8. The number of nitrogens with zero attached hydrogens (tertiary/aromatic N) is 3. The molecule has 0 saturated carbocycles. The molecule has 10 heteroatoms. The van der Waals surface area contributed by atoms with Gasteiger partial charge in [-0.25, -0.2) is 14.2 Å². The summed E-state index contributed by atoms with van der Waals surface area (Å²) < 4.78 is 25.0. The van der Waals surface area contributed by atoms with Gasteiger partial charge in [0.25, 0.3) is 0 Å². The molecule has 1 unspecified atom stereocenters. The van der Waals surface area contributed by atoms with Gasteiger partial charge in [0.05, 0.1) is 28.1 Å². The van der Waals surface area contributed by atoms with Gasteiger partial charge in [-0.3, -0.25) is 4.98 Å². The Balaban J connectivity index is 1.41. The van der Waals surface area contributed by atoms with Gasteiger partial charge in [-0.15, -0.1) is 11.8 Å². The normalized spacial score (nSPS) is 14.8. The maximum absolute atomic E-state index is 13.8. The molecule has 39 heavy (non-hydrogen) atoms. The van der Waals surface area contributed by atoms with Gasteiger partial charge in [-0.2, -0.15) is 5.10 Å². The summed E-state index contributed by atoms with van der Waals surface area (Å²) in [6, 6.07) is 16.5. The van der Waals surface area contributed by atoms with Gasteiger partial charge in [-0.1, -0.05) is 29.8 Å². The summed E-state index contributed by atoms with van der Waals surface area (Å²) in [5.41, 5.74) is 5.83. The first kappa shape index (κ1) is 26.9. The lowest BCUT2D eigenvalue weighted by Gasteiger charge is -2.20. The van der Waals surface area contributed by atoms with Crippen molar-refractivity contribution in [3.8, 4) is 5.75 Å². The smallest absolute Gasteiger partial charge is 0.355 e. The molecule has 0 radical (unpaired) electrons. The van der Waals surface area contributed by atoms with E-state index in [1.165, 1.54) is 17.7 Å². The van der Waals surface area contributed by atoms with Crippen molar-refractivity contribution in [2.24, 2.45) is 10.9 Å². The summed E-state index contributed by atoms with van der Waals surface area (Å²) in [6.07, 6.45) is 3.44. The maximum Gasteiger partial charge on any atom is 0.355 e. The van der Waals surface area contributed by atoms with E-state index in [1.807, 2.05) is 24.3 Å². The number of pyridine rings is 2. The van der Waals surface area contributed by atoms with Crippen molar-refractivity contribution in [1.82, 2.24) is 9.97 Å². The van der Waals surface area contributed by atoms with E-state index in [4.69, 9.17) is 26.9 Å². The predicted octanol–water partition coefficient (Wildman–Crippen LogP) is 5.80. The monoisotopic (exact) mass is 564 g/mol. The number of fused-ring (bicyclic) bond motifs is 3. The van der Waals surface area contributed by atoms with Crippen LogP contribution in [-0.4, -0.2) is 34.0 Å². The predicted molar refractivity (Wildman–Crippen MR) is 152 cm³/mol. The van der Waals surface area contributed by atoms with Gasteiger partial charge in [0.15, 0.2) is 5.71 Å². The molecular formula is C29H26ClFN4O3S. The summed E-state index contributed by atoms with van der Waals surface area (Å²) in [5.74, 6) is 5.49. The average Bonchev–Trinajstić information content (AvgIpc) is 3.09. The number of nitrogens with two attached hydrogens (primary N) is 1. The third-order valence-electron chi connectivity index (χ3n) is 6.47. The minimum absolute atomic E-state index is 0.0305.